The largest absolute Gasteiger partial charge is 0.454 e. The number of carbonyl (C=O) groups is 2. The van der Waals surface area contributed by atoms with Gasteiger partial charge in [0.1, 0.15) is 23.3 Å². The summed E-state index contributed by atoms with van der Waals surface area (Å²) < 4.78 is 72.7. The fourth-order valence-electron chi connectivity index (χ4n) is 5.56. The van der Waals surface area contributed by atoms with Crippen LogP contribution in [-0.2, 0) is 9.47 Å². The van der Waals surface area contributed by atoms with Crippen molar-refractivity contribution < 1.29 is 36.6 Å². The van der Waals surface area contributed by atoms with E-state index in [0.29, 0.717) is 0 Å². The number of esters is 2. The number of halogens is 4. The van der Waals surface area contributed by atoms with Gasteiger partial charge in [-0.25, -0.2) is 27.2 Å². The molecule has 0 heterocycles. The van der Waals surface area contributed by atoms with Crippen LogP contribution in [0.1, 0.15) is 54.8 Å². The quantitative estimate of drug-likeness (QED) is 0.236. The summed E-state index contributed by atoms with van der Waals surface area (Å²) in [5.74, 6) is -8.14. The van der Waals surface area contributed by atoms with Gasteiger partial charge in [-0.2, -0.15) is 0 Å². The van der Waals surface area contributed by atoms with Crippen LogP contribution in [-0.4, -0.2) is 24.1 Å². The minimum absolute atomic E-state index is 0.141. The molecule has 4 aromatic carbocycles. The fourth-order valence-corrected chi connectivity index (χ4v) is 5.56. The monoisotopic (exact) mass is 518 g/mol. The molecule has 190 valence electrons. The predicted molar refractivity (Wildman–Crippen MR) is 128 cm³/mol. The van der Waals surface area contributed by atoms with Crippen LogP contribution in [0.15, 0.2) is 84.9 Å². The third kappa shape index (κ3) is 3.67. The molecule has 0 spiro atoms. The highest BCUT2D eigenvalue weighted by atomic mass is 19.1. The molecule has 0 saturated carbocycles. The molecule has 4 nitrogen and oxygen atoms in total. The van der Waals surface area contributed by atoms with Crippen molar-refractivity contribution in [3.63, 3.8) is 0 Å². The number of ether oxygens (including phenoxy) is 2. The van der Waals surface area contributed by atoms with Gasteiger partial charge < -0.3 is 9.47 Å². The van der Waals surface area contributed by atoms with Crippen LogP contribution < -0.4 is 0 Å². The molecule has 2 atom stereocenters. The second-order valence-electron chi connectivity index (χ2n) is 9.14. The highest BCUT2D eigenvalue weighted by molar-refractivity contribution is 5.90. The summed E-state index contributed by atoms with van der Waals surface area (Å²) >= 11 is 0. The SMILES string of the molecule is O=C(OC1C(OC(=O)c2ccccc2)[C@H]2c3c(F)ccc(F)c3[C@H]1c1c(F)ccc(F)c12)c1ccccc1. The van der Waals surface area contributed by atoms with Crippen LogP contribution in [0.5, 0.6) is 0 Å². The van der Waals surface area contributed by atoms with E-state index in [9.17, 15) is 9.59 Å². The summed E-state index contributed by atoms with van der Waals surface area (Å²) in [5, 5.41) is 0. The number of hydrogen-bond donors (Lipinski definition) is 0. The van der Waals surface area contributed by atoms with Gasteiger partial charge >= 0.3 is 11.9 Å². The first kappa shape index (κ1) is 23.9. The molecule has 2 bridgehead atoms. The molecule has 0 N–H and O–H groups in total. The number of rotatable bonds is 4. The lowest BCUT2D eigenvalue weighted by molar-refractivity contribution is -0.0577. The minimum Gasteiger partial charge on any atom is -0.454 e. The summed E-state index contributed by atoms with van der Waals surface area (Å²) in [6, 6.07) is 19.2. The second kappa shape index (κ2) is 9.13. The van der Waals surface area contributed by atoms with Crippen LogP contribution in [0, 0.1) is 23.3 Å². The van der Waals surface area contributed by atoms with Gasteiger partial charge in [-0.15, -0.1) is 0 Å². The van der Waals surface area contributed by atoms with E-state index in [2.05, 4.69) is 0 Å². The lowest BCUT2D eigenvalue weighted by Gasteiger charge is -2.49. The van der Waals surface area contributed by atoms with Crippen LogP contribution >= 0.6 is 0 Å². The second-order valence-corrected chi connectivity index (χ2v) is 9.14. The van der Waals surface area contributed by atoms with Crippen LogP contribution in [0.4, 0.5) is 17.6 Å². The van der Waals surface area contributed by atoms with Gasteiger partial charge in [0, 0.05) is 22.3 Å². The molecule has 0 aliphatic heterocycles. The topological polar surface area (TPSA) is 52.6 Å². The zero-order valence-electron chi connectivity index (χ0n) is 19.5. The Kier molecular flexibility index (Phi) is 5.75. The molecule has 7 rings (SSSR count). The van der Waals surface area contributed by atoms with Gasteiger partial charge in [0.2, 0.25) is 0 Å². The maximum Gasteiger partial charge on any atom is 0.338 e. The van der Waals surface area contributed by atoms with Crippen molar-refractivity contribution in [1.82, 2.24) is 0 Å². The van der Waals surface area contributed by atoms with Crippen molar-refractivity contribution in [2.75, 3.05) is 0 Å². The Balaban J connectivity index is 1.56. The van der Waals surface area contributed by atoms with E-state index < -0.39 is 59.3 Å². The van der Waals surface area contributed by atoms with Gasteiger partial charge in [-0.05, 0) is 48.5 Å². The number of benzene rings is 4. The summed E-state index contributed by atoms with van der Waals surface area (Å²) in [6.07, 6.45) is -2.96. The number of fused-ring (bicyclic) bond motifs is 1. The van der Waals surface area contributed by atoms with E-state index in [1.807, 2.05) is 0 Å². The van der Waals surface area contributed by atoms with Gasteiger partial charge in [0.05, 0.1) is 23.0 Å². The average molecular weight is 518 g/mol. The Hall–Kier alpha value is -4.46. The van der Waals surface area contributed by atoms with Crippen molar-refractivity contribution in [1.29, 1.82) is 0 Å². The zero-order chi connectivity index (χ0) is 26.6. The highest BCUT2D eigenvalue weighted by Crippen LogP contribution is 2.57. The van der Waals surface area contributed by atoms with Crippen LogP contribution in [0.25, 0.3) is 0 Å². The first-order chi connectivity index (χ1) is 18.4. The Morgan fingerprint density at radius 1 is 0.474 bits per heavy atom. The van der Waals surface area contributed by atoms with E-state index >= 15 is 17.6 Å². The predicted octanol–water partition coefficient (Wildman–Crippen LogP) is 6.29. The first-order valence-electron chi connectivity index (χ1n) is 11.8. The van der Waals surface area contributed by atoms with Crippen LogP contribution in [0.3, 0.4) is 0 Å². The van der Waals surface area contributed by atoms with Crippen molar-refractivity contribution in [3.8, 4) is 0 Å². The summed E-state index contributed by atoms with van der Waals surface area (Å²) in [5.41, 5.74) is -0.756. The molecule has 0 fully saturated rings. The number of carbonyl (C=O) groups excluding carboxylic acids is 2. The average Bonchev–Trinajstić information content (AvgIpc) is 2.94. The zero-order valence-corrected chi connectivity index (χ0v) is 19.5. The van der Waals surface area contributed by atoms with Gasteiger partial charge in [0.15, 0.2) is 12.2 Å². The first-order valence-corrected chi connectivity index (χ1v) is 11.8. The number of hydrogen-bond acceptors (Lipinski definition) is 4. The minimum atomic E-state index is -1.48. The van der Waals surface area contributed by atoms with E-state index in [1.54, 1.807) is 36.4 Å². The van der Waals surface area contributed by atoms with Crippen molar-refractivity contribution in [2.24, 2.45) is 0 Å². The van der Waals surface area contributed by atoms with Crippen molar-refractivity contribution in [2.45, 2.75) is 24.0 Å². The Morgan fingerprint density at radius 2 is 0.763 bits per heavy atom. The van der Waals surface area contributed by atoms with E-state index in [0.717, 1.165) is 24.3 Å². The highest BCUT2D eigenvalue weighted by Gasteiger charge is 2.58. The molecule has 3 aliphatic rings. The van der Waals surface area contributed by atoms with Crippen molar-refractivity contribution in [3.05, 3.63) is 142 Å². The Bertz CT molecular complexity index is 1400. The lowest BCUT2D eigenvalue weighted by atomic mass is 9.60. The molecule has 38 heavy (non-hydrogen) atoms. The molecule has 4 aromatic rings. The maximum absolute atomic E-state index is 15.3. The Morgan fingerprint density at radius 3 is 1.05 bits per heavy atom. The third-order valence-electron chi connectivity index (χ3n) is 7.09. The lowest BCUT2D eigenvalue weighted by Crippen LogP contribution is -2.52. The molecule has 0 saturated heterocycles. The molecule has 0 aromatic heterocycles. The van der Waals surface area contributed by atoms with Gasteiger partial charge in [0.25, 0.3) is 0 Å². The summed E-state index contributed by atoms with van der Waals surface area (Å²) in [6.45, 7) is 0. The molecule has 8 heteroatoms. The molecular formula is C30H18F4O4. The standard InChI is InChI=1S/C30H18F4O4/c31-17-11-13-19(33)23-21(17)25-22-18(32)12-14-20(34)24(22)26(23)28(38-30(36)16-9-5-2-6-10-16)27(25)37-29(35)15-7-3-1-4-8-15/h1-14,25-28H/t25-,26-,27?,28?. The van der Waals surface area contributed by atoms with E-state index in [4.69, 9.17) is 9.47 Å². The molecule has 0 amide bonds. The van der Waals surface area contributed by atoms with Crippen molar-refractivity contribution >= 4 is 11.9 Å². The van der Waals surface area contributed by atoms with E-state index in [-0.39, 0.29) is 33.4 Å². The Labute approximate surface area is 214 Å². The summed E-state index contributed by atoms with van der Waals surface area (Å²) in [4.78, 5) is 26.2. The molecule has 3 aliphatic carbocycles. The normalized spacial score (nSPS) is 20.8. The third-order valence-corrected chi connectivity index (χ3v) is 7.09. The summed E-state index contributed by atoms with van der Waals surface area (Å²) in [7, 11) is 0. The molecule has 0 radical (unpaired) electrons. The maximum atomic E-state index is 15.3. The fraction of sp³-hybridized carbons (Fsp3) is 0.133. The molecule has 2 unspecified atom stereocenters. The van der Waals surface area contributed by atoms with Crippen LogP contribution in [0.2, 0.25) is 0 Å². The van der Waals surface area contributed by atoms with E-state index in [1.165, 1.54) is 24.3 Å². The van der Waals surface area contributed by atoms with Gasteiger partial charge in [-0.3, -0.25) is 0 Å². The smallest absolute Gasteiger partial charge is 0.338 e. The molecular weight excluding hydrogens is 500 g/mol. The van der Waals surface area contributed by atoms with Gasteiger partial charge in [-0.1, -0.05) is 36.4 Å².